The van der Waals surface area contributed by atoms with Crippen molar-refractivity contribution in [3.8, 4) is 0 Å². The van der Waals surface area contributed by atoms with E-state index in [1.54, 1.807) is 0 Å². The van der Waals surface area contributed by atoms with Gasteiger partial charge in [-0.15, -0.1) is 0 Å². The summed E-state index contributed by atoms with van der Waals surface area (Å²) in [5, 5.41) is 6.51. The molecule has 2 aliphatic heterocycles. The zero-order valence-electron chi connectivity index (χ0n) is 17.3. The number of morpholine rings is 1. The Balaban J connectivity index is 1.42. The first-order chi connectivity index (χ1) is 14.2. The molecule has 0 spiro atoms. The Labute approximate surface area is 173 Å². The number of nitrogens with one attached hydrogen (secondary N) is 2. The molecular formula is C23H33N3O3. The zero-order valence-corrected chi connectivity index (χ0v) is 17.3. The minimum atomic E-state index is 0.0833. The van der Waals surface area contributed by atoms with Gasteiger partial charge in [0.15, 0.2) is 0 Å². The van der Waals surface area contributed by atoms with E-state index in [1.807, 2.05) is 23.1 Å². The van der Waals surface area contributed by atoms with Crippen LogP contribution in [0.1, 0.15) is 56.9 Å². The standard InChI is InChI=1S/C23H33N3O3/c27-22(14-17-6-2-1-3-7-17)25-20-9-4-10-21-19(20)8-5-12-26(21)23(28)15-18-16-29-13-11-24-18/h4,9-10,17-18,24H,1-3,5-8,11-16H2,(H,25,27). The van der Waals surface area contributed by atoms with Crippen molar-refractivity contribution < 1.29 is 14.3 Å². The Bertz CT molecular complexity index is 724. The third kappa shape index (κ3) is 5.17. The van der Waals surface area contributed by atoms with Gasteiger partial charge in [0.05, 0.1) is 13.2 Å². The predicted molar refractivity (Wildman–Crippen MR) is 114 cm³/mol. The number of carbonyl (C=O) groups excluding carboxylic acids is 2. The van der Waals surface area contributed by atoms with Crippen LogP contribution in [0.5, 0.6) is 0 Å². The second kappa shape index (κ2) is 9.72. The Kier molecular flexibility index (Phi) is 6.82. The monoisotopic (exact) mass is 399 g/mol. The van der Waals surface area contributed by atoms with Crippen molar-refractivity contribution in [1.29, 1.82) is 0 Å². The molecular weight excluding hydrogens is 366 g/mol. The van der Waals surface area contributed by atoms with Gasteiger partial charge in [-0.1, -0.05) is 25.3 Å². The topological polar surface area (TPSA) is 70.7 Å². The maximum absolute atomic E-state index is 13.0. The van der Waals surface area contributed by atoms with Crippen LogP contribution < -0.4 is 15.5 Å². The average Bonchev–Trinajstić information content (AvgIpc) is 2.75. The number of hydrogen-bond acceptors (Lipinski definition) is 4. The first-order valence-corrected chi connectivity index (χ1v) is 11.2. The van der Waals surface area contributed by atoms with Crippen LogP contribution >= 0.6 is 0 Å². The Morgan fingerprint density at radius 3 is 2.79 bits per heavy atom. The molecule has 1 unspecified atom stereocenters. The van der Waals surface area contributed by atoms with Crippen molar-refractivity contribution in [3.63, 3.8) is 0 Å². The minimum Gasteiger partial charge on any atom is -0.378 e. The number of carbonyl (C=O) groups is 2. The number of amides is 2. The number of ether oxygens (including phenoxy) is 1. The van der Waals surface area contributed by atoms with Crippen LogP contribution in [0, 0.1) is 5.92 Å². The highest BCUT2D eigenvalue weighted by Crippen LogP contribution is 2.34. The van der Waals surface area contributed by atoms with Gasteiger partial charge < -0.3 is 20.3 Å². The molecule has 1 aromatic carbocycles. The molecule has 0 aromatic heterocycles. The van der Waals surface area contributed by atoms with E-state index < -0.39 is 0 Å². The van der Waals surface area contributed by atoms with Crippen molar-refractivity contribution in [2.24, 2.45) is 5.92 Å². The summed E-state index contributed by atoms with van der Waals surface area (Å²) in [4.78, 5) is 27.5. The Morgan fingerprint density at radius 1 is 1.14 bits per heavy atom. The number of fused-ring (bicyclic) bond motifs is 1. The fourth-order valence-electron chi connectivity index (χ4n) is 4.93. The van der Waals surface area contributed by atoms with Gasteiger partial charge in [0.1, 0.15) is 0 Å². The summed E-state index contributed by atoms with van der Waals surface area (Å²) in [7, 11) is 0. The maximum atomic E-state index is 13.0. The fourth-order valence-corrected chi connectivity index (χ4v) is 4.93. The predicted octanol–water partition coefficient (Wildman–Crippen LogP) is 3.25. The second-order valence-electron chi connectivity index (χ2n) is 8.64. The summed E-state index contributed by atoms with van der Waals surface area (Å²) in [6, 6.07) is 6.01. The van der Waals surface area contributed by atoms with Crippen LogP contribution in [-0.2, 0) is 20.7 Å². The molecule has 1 atom stereocenters. The molecule has 158 valence electrons. The van der Waals surface area contributed by atoms with Crippen molar-refractivity contribution >= 4 is 23.2 Å². The van der Waals surface area contributed by atoms with Crippen LogP contribution in [0.25, 0.3) is 0 Å². The molecule has 2 N–H and O–H groups in total. The quantitative estimate of drug-likeness (QED) is 0.797. The van der Waals surface area contributed by atoms with Gasteiger partial charge in [0.2, 0.25) is 11.8 Å². The number of rotatable bonds is 5. The molecule has 3 aliphatic rings. The lowest BCUT2D eigenvalue weighted by atomic mass is 9.87. The molecule has 2 heterocycles. The number of benzene rings is 1. The highest BCUT2D eigenvalue weighted by Gasteiger charge is 2.27. The van der Waals surface area contributed by atoms with E-state index in [9.17, 15) is 9.59 Å². The molecule has 2 amide bonds. The molecule has 29 heavy (non-hydrogen) atoms. The summed E-state index contributed by atoms with van der Waals surface area (Å²) in [6.07, 6.45) is 9.00. The molecule has 6 nitrogen and oxygen atoms in total. The molecule has 0 bridgehead atoms. The molecule has 1 saturated heterocycles. The smallest absolute Gasteiger partial charge is 0.228 e. The summed E-state index contributed by atoms with van der Waals surface area (Å²) < 4.78 is 5.48. The van der Waals surface area contributed by atoms with Crippen molar-refractivity contribution in [1.82, 2.24) is 5.32 Å². The van der Waals surface area contributed by atoms with Crippen LogP contribution in [0.4, 0.5) is 11.4 Å². The van der Waals surface area contributed by atoms with Crippen LogP contribution in [0.2, 0.25) is 0 Å². The molecule has 1 aliphatic carbocycles. The summed E-state index contributed by atoms with van der Waals surface area (Å²) in [5.41, 5.74) is 2.92. The van der Waals surface area contributed by atoms with E-state index >= 15 is 0 Å². The summed E-state index contributed by atoms with van der Waals surface area (Å²) in [6.45, 7) is 2.83. The first-order valence-electron chi connectivity index (χ1n) is 11.2. The number of anilines is 2. The number of nitrogens with zero attached hydrogens (tertiary/aromatic N) is 1. The van der Waals surface area contributed by atoms with E-state index in [-0.39, 0.29) is 17.9 Å². The second-order valence-corrected chi connectivity index (χ2v) is 8.64. The fraction of sp³-hybridized carbons (Fsp3) is 0.652. The normalized spacial score (nSPS) is 22.8. The van der Waals surface area contributed by atoms with Crippen molar-refractivity contribution in [3.05, 3.63) is 23.8 Å². The Morgan fingerprint density at radius 2 is 2.00 bits per heavy atom. The van der Waals surface area contributed by atoms with Crippen LogP contribution in [0.3, 0.4) is 0 Å². The SMILES string of the molecule is O=C(CC1CCCCC1)Nc1cccc2c1CCCN2C(=O)CC1COCCN1. The molecule has 4 rings (SSSR count). The molecule has 6 heteroatoms. The van der Waals surface area contributed by atoms with Crippen molar-refractivity contribution in [2.75, 3.05) is 36.5 Å². The third-order valence-electron chi connectivity index (χ3n) is 6.44. The van der Waals surface area contributed by atoms with E-state index in [1.165, 1.54) is 32.1 Å². The average molecular weight is 400 g/mol. The van der Waals surface area contributed by atoms with Gasteiger partial charge in [0.25, 0.3) is 0 Å². The van der Waals surface area contributed by atoms with E-state index in [0.29, 0.717) is 32.0 Å². The van der Waals surface area contributed by atoms with E-state index in [0.717, 1.165) is 42.9 Å². The molecule has 1 saturated carbocycles. The van der Waals surface area contributed by atoms with Crippen LogP contribution in [0.15, 0.2) is 18.2 Å². The zero-order chi connectivity index (χ0) is 20.1. The summed E-state index contributed by atoms with van der Waals surface area (Å²) >= 11 is 0. The molecule has 0 radical (unpaired) electrons. The minimum absolute atomic E-state index is 0.0833. The highest BCUT2D eigenvalue weighted by molar-refractivity contribution is 5.98. The van der Waals surface area contributed by atoms with Gasteiger partial charge in [0, 0.05) is 43.3 Å². The molecule has 2 fully saturated rings. The van der Waals surface area contributed by atoms with Gasteiger partial charge >= 0.3 is 0 Å². The lowest BCUT2D eigenvalue weighted by Gasteiger charge is -2.33. The van der Waals surface area contributed by atoms with Crippen LogP contribution in [-0.4, -0.2) is 44.2 Å². The van der Waals surface area contributed by atoms with Gasteiger partial charge in [-0.2, -0.15) is 0 Å². The van der Waals surface area contributed by atoms with Gasteiger partial charge in [-0.3, -0.25) is 9.59 Å². The van der Waals surface area contributed by atoms with Crippen molar-refractivity contribution in [2.45, 2.75) is 63.8 Å². The highest BCUT2D eigenvalue weighted by atomic mass is 16.5. The van der Waals surface area contributed by atoms with E-state index in [4.69, 9.17) is 4.74 Å². The lowest BCUT2D eigenvalue weighted by Crippen LogP contribution is -2.46. The van der Waals surface area contributed by atoms with Gasteiger partial charge in [-0.05, 0) is 49.3 Å². The molecule has 1 aromatic rings. The third-order valence-corrected chi connectivity index (χ3v) is 6.44. The Hall–Kier alpha value is -1.92. The first kappa shape index (κ1) is 20.4. The largest absolute Gasteiger partial charge is 0.378 e. The van der Waals surface area contributed by atoms with Gasteiger partial charge in [-0.25, -0.2) is 0 Å². The summed E-state index contributed by atoms with van der Waals surface area (Å²) in [5.74, 6) is 0.753. The lowest BCUT2D eigenvalue weighted by molar-refractivity contribution is -0.120. The van der Waals surface area contributed by atoms with E-state index in [2.05, 4.69) is 10.6 Å². The number of hydrogen-bond donors (Lipinski definition) is 2. The maximum Gasteiger partial charge on any atom is 0.228 e.